The topological polar surface area (TPSA) is 105 Å². The summed E-state index contributed by atoms with van der Waals surface area (Å²) < 4.78 is 13.7. The van der Waals surface area contributed by atoms with Crippen molar-refractivity contribution < 1.29 is 18.8 Å². The lowest BCUT2D eigenvalue weighted by Gasteiger charge is -2.31. The summed E-state index contributed by atoms with van der Waals surface area (Å²) in [5, 5.41) is 5.75. The first-order valence-electron chi connectivity index (χ1n) is 12.7. The lowest BCUT2D eigenvalue weighted by atomic mass is 9.94. The highest BCUT2D eigenvalue weighted by Gasteiger charge is 2.34. The summed E-state index contributed by atoms with van der Waals surface area (Å²) in [4.78, 5) is 41.2. The zero-order valence-corrected chi connectivity index (χ0v) is 21.7. The van der Waals surface area contributed by atoms with Crippen LogP contribution in [0.4, 0.5) is 15.8 Å². The quantitative estimate of drug-likeness (QED) is 0.407. The van der Waals surface area contributed by atoms with Gasteiger partial charge in [-0.2, -0.15) is 0 Å². The van der Waals surface area contributed by atoms with Crippen LogP contribution in [0.25, 0.3) is 0 Å². The Hall–Kier alpha value is -4.04. The highest BCUT2D eigenvalue weighted by atomic mass is 19.1. The first-order chi connectivity index (χ1) is 18.2. The Kier molecular flexibility index (Phi) is 8.22. The summed E-state index contributed by atoms with van der Waals surface area (Å²) in [6.07, 6.45) is 0.732. The number of fused-ring (bicyclic) bond motifs is 1. The molecule has 3 aromatic rings. The van der Waals surface area contributed by atoms with E-state index in [-0.39, 0.29) is 36.0 Å². The van der Waals surface area contributed by atoms with Gasteiger partial charge >= 0.3 is 0 Å². The predicted octanol–water partition coefficient (Wildman–Crippen LogP) is 4.59. The van der Waals surface area contributed by atoms with Gasteiger partial charge in [-0.25, -0.2) is 4.39 Å². The average molecular weight is 517 g/mol. The van der Waals surface area contributed by atoms with Crippen molar-refractivity contribution in [1.29, 1.82) is 0 Å². The number of anilines is 2. The monoisotopic (exact) mass is 516 g/mol. The number of rotatable bonds is 8. The van der Waals surface area contributed by atoms with E-state index in [1.807, 2.05) is 44.2 Å². The minimum atomic E-state index is -0.634. The zero-order chi connectivity index (χ0) is 27.3. The third-order valence-electron chi connectivity index (χ3n) is 6.76. The highest BCUT2D eigenvalue weighted by molar-refractivity contribution is 6.06. The summed E-state index contributed by atoms with van der Waals surface area (Å²) in [7, 11) is 0. The molecule has 0 bridgehead atoms. The van der Waals surface area contributed by atoms with Crippen LogP contribution in [0, 0.1) is 11.2 Å². The Morgan fingerprint density at radius 2 is 1.79 bits per heavy atom. The molecule has 0 aliphatic carbocycles. The van der Waals surface area contributed by atoms with Gasteiger partial charge in [0.2, 0.25) is 11.8 Å². The van der Waals surface area contributed by atoms with Gasteiger partial charge in [-0.15, -0.1) is 0 Å². The molecule has 0 saturated heterocycles. The summed E-state index contributed by atoms with van der Waals surface area (Å²) >= 11 is 0. The van der Waals surface area contributed by atoms with Crippen molar-refractivity contribution in [1.82, 2.24) is 5.32 Å². The molecule has 3 aromatic carbocycles. The van der Waals surface area contributed by atoms with Crippen LogP contribution >= 0.6 is 0 Å². The molecule has 1 aliphatic heterocycles. The van der Waals surface area contributed by atoms with Crippen LogP contribution in [-0.2, 0) is 16.0 Å². The summed E-state index contributed by atoms with van der Waals surface area (Å²) in [5.41, 5.74) is 8.40. The van der Waals surface area contributed by atoms with E-state index < -0.39 is 11.9 Å². The number of benzene rings is 3. The van der Waals surface area contributed by atoms with Gasteiger partial charge in [0.25, 0.3) is 5.91 Å². The molecule has 1 aliphatic rings. The maximum absolute atomic E-state index is 13.7. The second-order valence-electron chi connectivity index (χ2n) is 10.4. The van der Waals surface area contributed by atoms with Crippen LogP contribution in [0.1, 0.15) is 54.2 Å². The molecule has 0 spiro atoms. The minimum absolute atomic E-state index is 0.0103. The first kappa shape index (κ1) is 27.0. The first-order valence-corrected chi connectivity index (χ1v) is 12.7. The van der Waals surface area contributed by atoms with Crippen LogP contribution in [0.15, 0.2) is 72.8 Å². The van der Waals surface area contributed by atoms with E-state index in [0.29, 0.717) is 42.0 Å². The van der Waals surface area contributed by atoms with Crippen LogP contribution in [0.2, 0.25) is 0 Å². The third-order valence-corrected chi connectivity index (χ3v) is 6.76. The Balaban J connectivity index is 1.68. The van der Waals surface area contributed by atoms with E-state index in [4.69, 9.17) is 5.73 Å². The SMILES string of the molecule is CC(C)(CN)CNC(=O)c1ccc2c(c1)NC(=O)CC(c1ccc(F)cc1)N2C(=O)CCc1ccccc1. The van der Waals surface area contributed by atoms with E-state index >= 15 is 0 Å². The number of carbonyl (C=O) groups excluding carboxylic acids is 3. The van der Waals surface area contributed by atoms with Crippen molar-refractivity contribution in [2.45, 2.75) is 39.2 Å². The molecule has 4 rings (SSSR count). The van der Waals surface area contributed by atoms with Crippen LogP contribution in [0.3, 0.4) is 0 Å². The van der Waals surface area contributed by atoms with E-state index in [1.165, 1.54) is 12.1 Å². The smallest absolute Gasteiger partial charge is 0.251 e. The molecular weight excluding hydrogens is 483 g/mol. The van der Waals surface area contributed by atoms with Crippen LogP contribution in [-0.4, -0.2) is 30.8 Å². The molecule has 1 unspecified atom stereocenters. The largest absolute Gasteiger partial charge is 0.351 e. The molecule has 198 valence electrons. The lowest BCUT2D eigenvalue weighted by Crippen LogP contribution is -2.38. The van der Waals surface area contributed by atoms with Crippen LogP contribution < -0.4 is 21.3 Å². The average Bonchev–Trinajstić information content (AvgIpc) is 3.06. The standard InChI is InChI=1S/C30H33FN4O3/c1-30(2,18-32)19-33-29(38)22-11-14-25-24(16-22)34-27(36)17-26(21-9-12-23(31)13-10-21)35(25)28(37)15-8-20-6-4-3-5-7-20/h3-7,9-14,16,26H,8,15,17-19,32H2,1-2H3,(H,33,38)(H,34,36). The number of amides is 3. The van der Waals surface area contributed by atoms with E-state index in [9.17, 15) is 18.8 Å². The molecule has 8 heteroatoms. The fourth-order valence-electron chi connectivity index (χ4n) is 4.39. The number of carbonyl (C=O) groups is 3. The second-order valence-corrected chi connectivity index (χ2v) is 10.4. The Morgan fingerprint density at radius 3 is 2.47 bits per heavy atom. The van der Waals surface area contributed by atoms with Crippen molar-refractivity contribution in [3.8, 4) is 0 Å². The van der Waals surface area contributed by atoms with Gasteiger partial charge in [0, 0.05) is 18.5 Å². The number of nitrogens with one attached hydrogen (secondary N) is 2. The van der Waals surface area contributed by atoms with Crippen molar-refractivity contribution in [3.63, 3.8) is 0 Å². The highest BCUT2D eigenvalue weighted by Crippen LogP contribution is 2.39. The van der Waals surface area contributed by atoms with Gasteiger partial charge in [0.15, 0.2) is 0 Å². The van der Waals surface area contributed by atoms with E-state index in [2.05, 4.69) is 10.6 Å². The maximum atomic E-state index is 13.7. The number of aryl methyl sites for hydroxylation is 1. The molecule has 1 atom stereocenters. The van der Waals surface area contributed by atoms with Crippen molar-refractivity contribution in [2.75, 3.05) is 23.3 Å². The maximum Gasteiger partial charge on any atom is 0.251 e. The Morgan fingerprint density at radius 1 is 1.08 bits per heavy atom. The van der Waals surface area contributed by atoms with Gasteiger partial charge in [-0.05, 0) is 59.8 Å². The van der Waals surface area contributed by atoms with Gasteiger partial charge in [-0.1, -0.05) is 56.3 Å². The zero-order valence-electron chi connectivity index (χ0n) is 21.7. The third kappa shape index (κ3) is 6.44. The summed E-state index contributed by atoms with van der Waals surface area (Å²) in [5.74, 6) is -1.18. The van der Waals surface area contributed by atoms with E-state index in [0.717, 1.165) is 5.56 Å². The van der Waals surface area contributed by atoms with Crippen molar-refractivity contribution in [2.24, 2.45) is 11.1 Å². The molecule has 0 aromatic heterocycles. The van der Waals surface area contributed by atoms with Gasteiger partial charge in [0.05, 0.1) is 23.8 Å². The molecule has 0 radical (unpaired) electrons. The molecule has 4 N–H and O–H groups in total. The fourth-order valence-corrected chi connectivity index (χ4v) is 4.39. The van der Waals surface area contributed by atoms with Gasteiger partial charge in [0.1, 0.15) is 5.82 Å². The summed E-state index contributed by atoms with van der Waals surface area (Å²) in [6, 6.07) is 19.8. The fraction of sp³-hybridized carbons (Fsp3) is 0.300. The molecule has 0 saturated carbocycles. The Labute approximate surface area is 222 Å². The summed E-state index contributed by atoms with van der Waals surface area (Å²) in [6.45, 7) is 4.72. The minimum Gasteiger partial charge on any atom is -0.351 e. The Bertz CT molecular complexity index is 1310. The number of halogens is 1. The number of nitrogens with zero attached hydrogens (tertiary/aromatic N) is 1. The molecular formula is C30H33FN4O3. The molecule has 38 heavy (non-hydrogen) atoms. The molecule has 1 heterocycles. The number of nitrogens with two attached hydrogens (primary N) is 1. The van der Waals surface area contributed by atoms with Gasteiger partial charge in [-0.3, -0.25) is 14.4 Å². The molecule has 0 fully saturated rings. The second kappa shape index (κ2) is 11.6. The predicted molar refractivity (Wildman–Crippen MR) is 146 cm³/mol. The number of hydrogen-bond acceptors (Lipinski definition) is 4. The van der Waals surface area contributed by atoms with Crippen molar-refractivity contribution >= 4 is 29.1 Å². The molecule has 7 nitrogen and oxygen atoms in total. The van der Waals surface area contributed by atoms with Gasteiger partial charge < -0.3 is 21.3 Å². The lowest BCUT2D eigenvalue weighted by molar-refractivity contribution is -0.119. The normalized spacial score (nSPS) is 15.3. The molecule has 3 amide bonds. The van der Waals surface area contributed by atoms with Crippen LogP contribution in [0.5, 0.6) is 0 Å². The van der Waals surface area contributed by atoms with E-state index in [1.54, 1.807) is 35.2 Å². The number of hydrogen-bond donors (Lipinski definition) is 3. The van der Waals surface area contributed by atoms with Crippen molar-refractivity contribution in [3.05, 3.63) is 95.3 Å².